The van der Waals surface area contributed by atoms with Crippen molar-refractivity contribution in [3.63, 3.8) is 0 Å². The first kappa shape index (κ1) is 26.8. The predicted molar refractivity (Wildman–Crippen MR) is 131 cm³/mol. The number of benzene rings is 2. The van der Waals surface area contributed by atoms with Crippen molar-refractivity contribution in [3.8, 4) is 0 Å². The second kappa shape index (κ2) is 12.1. The third-order valence-electron chi connectivity index (χ3n) is 5.05. The van der Waals surface area contributed by atoms with Gasteiger partial charge in [0.25, 0.3) is 0 Å². The average Bonchev–Trinajstić information content (AvgIpc) is 2.76. The van der Waals surface area contributed by atoms with Gasteiger partial charge in [-0.2, -0.15) is 0 Å². The summed E-state index contributed by atoms with van der Waals surface area (Å²) in [5.74, 6) is -0.985. The number of anilines is 1. The maximum absolute atomic E-state index is 13.2. The number of amides is 2. The molecule has 33 heavy (non-hydrogen) atoms. The smallest absolute Gasteiger partial charge is 0.242 e. The molecule has 2 rings (SSSR count). The van der Waals surface area contributed by atoms with E-state index in [9.17, 15) is 22.4 Å². The zero-order chi connectivity index (χ0) is 24.6. The minimum atomic E-state index is -3.62. The van der Waals surface area contributed by atoms with Gasteiger partial charge in [0.2, 0.25) is 21.8 Å². The fraction of sp³-hybridized carbons (Fsp3) is 0.391. The van der Waals surface area contributed by atoms with E-state index in [2.05, 4.69) is 21.2 Å². The van der Waals surface area contributed by atoms with E-state index in [1.807, 2.05) is 24.3 Å². The van der Waals surface area contributed by atoms with Crippen molar-refractivity contribution in [1.82, 2.24) is 10.2 Å². The van der Waals surface area contributed by atoms with Gasteiger partial charge in [-0.1, -0.05) is 28.1 Å². The molecule has 2 aromatic rings. The third kappa shape index (κ3) is 8.12. The van der Waals surface area contributed by atoms with Crippen molar-refractivity contribution in [2.45, 2.75) is 39.3 Å². The van der Waals surface area contributed by atoms with E-state index in [1.165, 1.54) is 29.2 Å². The Morgan fingerprint density at radius 2 is 1.70 bits per heavy atom. The van der Waals surface area contributed by atoms with Gasteiger partial charge in [-0.3, -0.25) is 13.9 Å². The topological polar surface area (TPSA) is 86.8 Å². The molecule has 0 fully saturated rings. The summed E-state index contributed by atoms with van der Waals surface area (Å²) in [6, 6.07) is 11.9. The SMILES string of the molecule is CCNC(=O)[C@@H](C)N(Cc1ccc(Br)cc1)C(=O)CCCN(c1ccc(F)cc1)S(C)(=O)=O. The van der Waals surface area contributed by atoms with Crippen LogP contribution in [0, 0.1) is 5.82 Å². The number of sulfonamides is 1. The van der Waals surface area contributed by atoms with E-state index in [-0.39, 0.29) is 37.7 Å². The molecule has 0 radical (unpaired) electrons. The molecule has 2 amide bonds. The number of rotatable bonds is 11. The monoisotopic (exact) mass is 541 g/mol. The number of hydrogen-bond acceptors (Lipinski definition) is 4. The molecule has 2 aromatic carbocycles. The number of carbonyl (C=O) groups excluding carboxylic acids is 2. The highest BCUT2D eigenvalue weighted by molar-refractivity contribution is 9.10. The molecule has 0 heterocycles. The summed E-state index contributed by atoms with van der Waals surface area (Å²) in [7, 11) is -3.62. The van der Waals surface area contributed by atoms with Gasteiger partial charge in [0.15, 0.2) is 0 Å². The Morgan fingerprint density at radius 3 is 2.24 bits per heavy atom. The van der Waals surface area contributed by atoms with Gasteiger partial charge in [-0.25, -0.2) is 12.8 Å². The van der Waals surface area contributed by atoms with Gasteiger partial charge in [0.1, 0.15) is 11.9 Å². The van der Waals surface area contributed by atoms with Crippen LogP contribution in [0.2, 0.25) is 0 Å². The van der Waals surface area contributed by atoms with E-state index in [0.717, 1.165) is 20.6 Å². The molecule has 0 aliphatic carbocycles. The lowest BCUT2D eigenvalue weighted by Crippen LogP contribution is -2.47. The lowest BCUT2D eigenvalue weighted by atomic mass is 10.1. The van der Waals surface area contributed by atoms with Crippen LogP contribution in [0.25, 0.3) is 0 Å². The summed E-state index contributed by atoms with van der Waals surface area (Å²) >= 11 is 3.38. The van der Waals surface area contributed by atoms with Crippen LogP contribution in [0.5, 0.6) is 0 Å². The number of carbonyl (C=O) groups is 2. The average molecular weight is 542 g/mol. The normalized spacial score (nSPS) is 12.2. The second-order valence-corrected chi connectivity index (χ2v) is 10.5. The highest BCUT2D eigenvalue weighted by atomic mass is 79.9. The van der Waals surface area contributed by atoms with E-state index in [0.29, 0.717) is 12.2 Å². The summed E-state index contributed by atoms with van der Waals surface area (Å²) in [5, 5.41) is 2.74. The van der Waals surface area contributed by atoms with Gasteiger partial charge in [0, 0.05) is 30.5 Å². The van der Waals surface area contributed by atoms with Crippen molar-refractivity contribution >= 4 is 43.5 Å². The number of likely N-dealkylation sites (N-methyl/N-ethyl adjacent to an activating group) is 1. The van der Waals surface area contributed by atoms with Crippen LogP contribution in [0.4, 0.5) is 10.1 Å². The Kier molecular flexibility index (Phi) is 9.85. The number of nitrogens with zero attached hydrogens (tertiary/aromatic N) is 2. The van der Waals surface area contributed by atoms with E-state index in [1.54, 1.807) is 13.8 Å². The van der Waals surface area contributed by atoms with Gasteiger partial charge >= 0.3 is 0 Å². The fourth-order valence-corrected chi connectivity index (χ4v) is 4.53. The van der Waals surface area contributed by atoms with Gasteiger partial charge in [-0.15, -0.1) is 0 Å². The van der Waals surface area contributed by atoms with E-state index < -0.39 is 21.9 Å². The minimum Gasteiger partial charge on any atom is -0.355 e. The quantitative estimate of drug-likeness (QED) is 0.470. The zero-order valence-corrected chi connectivity index (χ0v) is 21.3. The van der Waals surface area contributed by atoms with Gasteiger partial charge in [-0.05, 0) is 62.2 Å². The van der Waals surface area contributed by atoms with Crippen LogP contribution in [0.1, 0.15) is 32.3 Å². The molecule has 180 valence electrons. The first-order valence-electron chi connectivity index (χ1n) is 10.6. The minimum absolute atomic E-state index is 0.0491. The fourth-order valence-electron chi connectivity index (χ4n) is 3.30. The largest absolute Gasteiger partial charge is 0.355 e. The molecule has 1 atom stereocenters. The lowest BCUT2D eigenvalue weighted by Gasteiger charge is -2.29. The standard InChI is InChI=1S/C23H29BrFN3O4S/c1-4-26-23(30)17(2)27(16-18-7-9-19(24)10-8-18)22(29)6-5-15-28(33(3,31)32)21-13-11-20(25)12-14-21/h7-14,17H,4-6,15-16H2,1-3H3,(H,26,30)/t17-/m1/s1. The molecule has 0 aliphatic heterocycles. The van der Waals surface area contributed by atoms with Crippen molar-refractivity contribution in [1.29, 1.82) is 0 Å². The Hall–Kier alpha value is -2.46. The summed E-state index contributed by atoms with van der Waals surface area (Å²) in [6.07, 6.45) is 1.35. The summed E-state index contributed by atoms with van der Waals surface area (Å²) < 4.78 is 39.8. The highest BCUT2D eigenvalue weighted by Gasteiger charge is 2.26. The maximum Gasteiger partial charge on any atom is 0.242 e. The van der Waals surface area contributed by atoms with Crippen LogP contribution in [0.3, 0.4) is 0 Å². The first-order valence-corrected chi connectivity index (χ1v) is 13.2. The Bertz CT molecular complexity index is 1050. The number of hydrogen-bond donors (Lipinski definition) is 1. The van der Waals surface area contributed by atoms with Crippen LogP contribution >= 0.6 is 15.9 Å². The Labute approximate surface area is 203 Å². The molecule has 1 N–H and O–H groups in total. The molecular formula is C23H29BrFN3O4S. The number of nitrogens with one attached hydrogen (secondary N) is 1. The summed E-state index contributed by atoms with van der Waals surface area (Å²) in [4.78, 5) is 27.0. The maximum atomic E-state index is 13.2. The van der Waals surface area contributed by atoms with Crippen LogP contribution in [0.15, 0.2) is 53.0 Å². The summed E-state index contributed by atoms with van der Waals surface area (Å²) in [5.41, 5.74) is 1.19. The van der Waals surface area contributed by atoms with Crippen molar-refractivity contribution in [2.75, 3.05) is 23.7 Å². The van der Waals surface area contributed by atoms with Crippen LogP contribution < -0.4 is 9.62 Å². The predicted octanol–water partition coefficient (Wildman–Crippen LogP) is 3.69. The zero-order valence-electron chi connectivity index (χ0n) is 18.9. The molecule has 0 bridgehead atoms. The molecule has 0 saturated carbocycles. The molecular weight excluding hydrogens is 513 g/mol. The van der Waals surface area contributed by atoms with Crippen LogP contribution in [-0.4, -0.2) is 50.5 Å². The molecule has 0 spiro atoms. The summed E-state index contributed by atoms with van der Waals surface area (Å²) in [6.45, 7) is 4.23. The lowest BCUT2D eigenvalue weighted by molar-refractivity contribution is -0.140. The van der Waals surface area contributed by atoms with E-state index in [4.69, 9.17) is 0 Å². The van der Waals surface area contributed by atoms with Crippen molar-refractivity contribution in [2.24, 2.45) is 0 Å². The van der Waals surface area contributed by atoms with Gasteiger partial charge in [0.05, 0.1) is 11.9 Å². The van der Waals surface area contributed by atoms with Crippen molar-refractivity contribution in [3.05, 3.63) is 64.4 Å². The highest BCUT2D eigenvalue weighted by Crippen LogP contribution is 2.20. The first-order chi connectivity index (χ1) is 15.5. The molecule has 0 aliphatic rings. The molecule has 10 heteroatoms. The third-order valence-corrected chi connectivity index (χ3v) is 6.77. The van der Waals surface area contributed by atoms with Gasteiger partial charge < -0.3 is 10.2 Å². The van der Waals surface area contributed by atoms with Crippen LogP contribution in [-0.2, 0) is 26.2 Å². The molecule has 7 nitrogen and oxygen atoms in total. The molecule has 0 saturated heterocycles. The Balaban J connectivity index is 2.13. The molecule has 0 aromatic heterocycles. The molecule has 0 unspecified atom stereocenters. The van der Waals surface area contributed by atoms with Crippen molar-refractivity contribution < 1.29 is 22.4 Å². The Morgan fingerprint density at radius 1 is 1.09 bits per heavy atom. The van der Waals surface area contributed by atoms with E-state index >= 15 is 0 Å². The second-order valence-electron chi connectivity index (χ2n) is 7.63. The number of halogens is 2.